The van der Waals surface area contributed by atoms with E-state index in [4.69, 9.17) is 11.6 Å². The lowest BCUT2D eigenvalue weighted by atomic mass is 9.94. The van der Waals surface area contributed by atoms with Crippen LogP contribution in [0.1, 0.15) is 36.8 Å². The van der Waals surface area contributed by atoms with Gasteiger partial charge < -0.3 is 5.32 Å². The van der Waals surface area contributed by atoms with Crippen molar-refractivity contribution in [2.75, 3.05) is 13.1 Å². The topological polar surface area (TPSA) is 32.3 Å². The Kier molecular flexibility index (Phi) is 5.01. The third kappa shape index (κ3) is 3.79. The average Bonchev–Trinajstić information content (AvgIpc) is 3.45. The molecule has 4 rings (SSSR count). The summed E-state index contributed by atoms with van der Waals surface area (Å²) in [4.78, 5) is 15.4. The Morgan fingerprint density at radius 2 is 1.85 bits per heavy atom. The average molecular weight is 369 g/mol. The molecule has 0 radical (unpaired) electrons. The lowest BCUT2D eigenvalue weighted by Crippen LogP contribution is -2.50. The minimum atomic E-state index is -0.327. The van der Waals surface area contributed by atoms with Gasteiger partial charge in [0.05, 0.1) is 5.41 Å². The number of rotatable bonds is 5. The number of likely N-dealkylation sites (tertiary alicyclic amines) is 1. The van der Waals surface area contributed by atoms with Gasteiger partial charge in [0.15, 0.2) is 0 Å². The smallest absolute Gasteiger partial charge is 0.230 e. The van der Waals surface area contributed by atoms with E-state index in [1.165, 1.54) is 5.56 Å². The van der Waals surface area contributed by atoms with Crippen LogP contribution in [0.3, 0.4) is 0 Å². The molecule has 1 saturated carbocycles. The Hall–Kier alpha value is -1.84. The largest absolute Gasteiger partial charge is 0.351 e. The van der Waals surface area contributed by atoms with E-state index in [0.29, 0.717) is 5.02 Å². The van der Waals surface area contributed by atoms with E-state index in [1.54, 1.807) is 0 Å². The molecule has 3 nitrogen and oxygen atoms in total. The first-order valence-corrected chi connectivity index (χ1v) is 9.87. The molecule has 4 heteroatoms. The van der Waals surface area contributed by atoms with Crippen molar-refractivity contribution in [3.63, 3.8) is 0 Å². The van der Waals surface area contributed by atoms with E-state index in [9.17, 15) is 4.79 Å². The van der Waals surface area contributed by atoms with Crippen LogP contribution >= 0.6 is 11.6 Å². The zero-order chi connectivity index (χ0) is 18.0. The molecular weight excluding hydrogens is 344 g/mol. The number of hydrogen-bond acceptors (Lipinski definition) is 2. The van der Waals surface area contributed by atoms with Crippen molar-refractivity contribution >= 4 is 17.5 Å². The van der Waals surface area contributed by atoms with E-state index in [2.05, 4.69) is 40.5 Å². The van der Waals surface area contributed by atoms with Crippen molar-refractivity contribution in [3.05, 3.63) is 70.7 Å². The van der Waals surface area contributed by atoms with E-state index in [-0.39, 0.29) is 17.4 Å². The second-order valence-corrected chi connectivity index (χ2v) is 8.06. The molecule has 2 aromatic carbocycles. The molecule has 1 heterocycles. The maximum Gasteiger partial charge on any atom is 0.230 e. The first-order chi connectivity index (χ1) is 12.7. The Labute approximate surface area is 160 Å². The number of hydrogen-bond donors (Lipinski definition) is 1. The molecule has 0 spiro atoms. The fourth-order valence-corrected chi connectivity index (χ4v) is 4.15. The molecule has 1 aliphatic carbocycles. The zero-order valence-corrected chi connectivity index (χ0v) is 15.7. The minimum Gasteiger partial charge on any atom is -0.351 e. The summed E-state index contributed by atoms with van der Waals surface area (Å²) >= 11 is 5.99. The van der Waals surface area contributed by atoms with E-state index in [1.807, 2.05) is 24.3 Å². The molecule has 2 fully saturated rings. The number of carbonyl (C=O) groups excluding carboxylic acids is 1. The quantitative estimate of drug-likeness (QED) is 0.859. The summed E-state index contributed by atoms with van der Waals surface area (Å²) in [5.41, 5.74) is 2.10. The van der Waals surface area contributed by atoms with Gasteiger partial charge in [0, 0.05) is 24.2 Å². The molecule has 2 aliphatic rings. The van der Waals surface area contributed by atoms with Gasteiger partial charge in [-0.15, -0.1) is 0 Å². The van der Waals surface area contributed by atoms with Crippen LogP contribution in [0.2, 0.25) is 5.02 Å². The van der Waals surface area contributed by atoms with Gasteiger partial charge >= 0.3 is 0 Å². The maximum absolute atomic E-state index is 13.0. The van der Waals surface area contributed by atoms with Gasteiger partial charge in [-0.3, -0.25) is 9.69 Å². The lowest BCUT2D eigenvalue weighted by molar-refractivity contribution is -0.124. The van der Waals surface area contributed by atoms with Gasteiger partial charge in [-0.25, -0.2) is 0 Å². The highest BCUT2D eigenvalue weighted by Gasteiger charge is 2.51. The van der Waals surface area contributed by atoms with Crippen LogP contribution in [0.5, 0.6) is 0 Å². The molecular formula is C22H25ClN2O. The second kappa shape index (κ2) is 7.42. The summed E-state index contributed by atoms with van der Waals surface area (Å²) in [7, 11) is 0. The third-order valence-electron chi connectivity index (χ3n) is 5.67. The standard InChI is InChI=1S/C22H25ClN2O/c23-19-10-8-18(9-11-19)22(12-13-22)21(26)24-20-7-4-14-25(16-20)15-17-5-2-1-3-6-17/h1-3,5-6,8-11,20H,4,7,12-16H2,(H,24,26). The second-order valence-electron chi connectivity index (χ2n) is 7.62. The Morgan fingerprint density at radius 1 is 1.12 bits per heavy atom. The van der Waals surface area contributed by atoms with Crippen LogP contribution in [0.25, 0.3) is 0 Å². The Balaban J connectivity index is 1.37. The highest BCUT2D eigenvalue weighted by molar-refractivity contribution is 6.30. The van der Waals surface area contributed by atoms with E-state index >= 15 is 0 Å². The molecule has 26 heavy (non-hydrogen) atoms. The van der Waals surface area contributed by atoms with Crippen molar-refractivity contribution in [1.82, 2.24) is 10.2 Å². The summed E-state index contributed by atoms with van der Waals surface area (Å²) in [6.45, 7) is 2.98. The predicted octanol–water partition coefficient (Wildman–Crippen LogP) is 4.15. The zero-order valence-electron chi connectivity index (χ0n) is 15.0. The van der Waals surface area contributed by atoms with Gasteiger partial charge in [0.25, 0.3) is 0 Å². The molecule has 1 amide bonds. The highest BCUT2D eigenvalue weighted by Crippen LogP contribution is 2.48. The van der Waals surface area contributed by atoms with Crippen LogP contribution in [0.15, 0.2) is 54.6 Å². The van der Waals surface area contributed by atoms with Gasteiger partial charge in [0.1, 0.15) is 0 Å². The van der Waals surface area contributed by atoms with Gasteiger partial charge in [-0.2, -0.15) is 0 Å². The maximum atomic E-state index is 13.0. The molecule has 0 bridgehead atoms. The first kappa shape index (κ1) is 17.6. The molecule has 2 aromatic rings. The number of nitrogens with zero attached hydrogens (tertiary/aromatic N) is 1. The lowest BCUT2D eigenvalue weighted by Gasteiger charge is -2.34. The van der Waals surface area contributed by atoms with Crippen LogP contribution in [-0.4, -0.2) is 29.9 Å². The van der Waals surface area contributed by atoms with Crippen molar-refractivity contribution < 1.29 is 4.79 Å². The van der Waals surface area contributed by atoms with Crippen molar-refractivity contribution in [1.29, 1.82) is 0 Å². The van der Waals surface area contributed by atoms with Crippen LogP contribution in [0.4, 0.5) is 0 Å². The van der Waals surface area contributed by atoms with Crippen molar-refractivity contribution in [3.8, 4) is 0 Å². The van der Waals surface area contributed by atoms with E-state index < -0.39 is 0 Å². The number of benzene rings is 2. The number of halogens is 1. The normalized spacial score (nSPS) is 22.0. The monoisotopic (exact) mass is 368 g/mol. The minimum absolute atomic E-state index is 0.186. The first-order valence-electron chi connectivity index (χ1n) is 9.49. The van der Waals surface area contributed by atoms with E-state index in [0.717, 1.165) is 50.9 Å². The molecule has 1 aliphatic heterocycles. The number of nitrogens with one attached hydrogen (secondary N) is 1. The molecule has 1 saturated heterocycles. The summed E-state index contributed by atoms with van der Waals surface area (Å²) < 4.78 is 0. The van der Waals surface area contributed by atoms with Crippen molar-refractivity contribution in [2.45, 2.75) is 43.7 Å². The summed E-state index contributed by atoms with van der Waals surface area (Å²) in [5.74, 6) is 0.186. The van der Waals surface area contributed by atoms with Gasteiger partial charge in [-0.05, 0) is 55.5 Å². The molecule has 136 valence electrons. The van der Waals surface area contributed by atoms with Crippen LogP contribution < -0.4 is 5.32 Å². The number of amides is 1. The van der Waals surface area contributed by atoms with Crippen LogP contribution in [0, 0.1) is 0 Å². The van der Waals surface area contributed by atoms with Gasteiger partial charge in [0.2, 0.25) is 5.91 Å². The fourth-order valence-electron chi connectivity index (χ4n) is 4.02. The number of carbonyl (C=O) groups is 1. The predicted molar refractivity (Wildman–Crippen MR) is 105 cm³/mol. The van der Waals surface area contributed by atoms with Gasteiger partial charge in [-0.1, -0.05) is 54.1 Å². The third-order valence-corrected chi connectivity index (χ3v) is 5.92. The number of piperidine rings is 1. The van der Waals surface area contributed by atoms with Crippen molar-refractivity contribution in [2.24, 2.45) is 0 Å². The highest BCUT2D eigenvalue weighted by atomic mass is 35.5. The van der Waals surface area contributed by atoms with Crippen LogP contribution in [-0.2, 0) is 16.8 Å². The fraction of sp³-hybridized carbons (Fsp3) is 0.409. The Morgan fingerprint density at radius 3 is 2.54 bits per heavy atom. The molecule has 1 atom stereocenters. The summed E-state index contributed by atoms with van der Waals surface area (Å²) in [6, 6.07) is 18.6. The molecule has 0 aromatic heterocycles. The Bertz CT molecular complexity index is 755. The molecule has 1 N–H and O–H groups in total. The molecule has 1 unspecified atom stereocenters. The summed E-state index contributed by atoms with van der Waals surface area (Å²) in [5, 5.41) is 4.05. The SMILES string of the molecule is O=C(NC1CCCN(Cc2ccccc2)C1)C1(c2ccc(Cl)cc2)CC1. The summed E-state index contributed by atoms with van der Waals surface area (Å²) in [6.07, 6.45) is 4.06.